The monoisotopic (exact) mass is 342 g/mol. The first-order valence-corrected chi connectivity index (χ1v) is 8.06. The maximum atomic E-state index is 13.1. The number of carbonyl (C=O) groups excluding carboxylic acids is 2. The topological polar surface area (TPSA) is 58.6 Å². The molecule has 1 fully saturated rings. The van der Waals surface area contributed by atoms with Crippen LogP contribution in [0.4, 0.5) is 10.1 Å². The lowest BCUT2D eigenvalue weighted by Crippen LogP contribution is -2.30. The second-order valence-corrected chi connectivity index (χ2v) is 5.93. The second kappa shape index (κ2) is 7.34. The first-order chi connectivity index (χ1) is 12.1. The Morgan fingerprint density at radius 1 is 1.28 bits per heavy atom. The molecule has 0 radical (unpaired) electrons. The highest BCUT2D eigenvalue weighted by Gasteiger charge is 2.34. The van der Waals surface area contributed by atoms with Gasteiger partial charge in [-0.3, -0.25) is 9.59 Å². The molecule has 3 rings (SSSR count). The van der Waals surface area contributed by atoms with Crippen LogP contribution in [0.5, 0.6) is 5.75 Å². The first-order valence-electron chi connectivity index (χ1n) is 8.06. The molecule has 0 aromatic heterocycles. The Hall–Kier alpha value is -2.89. The molecule has 0 bridgehead atoms. The largest absolute Gasteiger partial charge is 0.489 e. The number of halogens is 1. The minimum atomic E-state index is -0.318. The molecule has 2 aromatic carbocycles. The molecule has 25 heavy (non-hydrogen) atoms. The van der Waals surface area contributed by atoms with Gasteiger partial charge in [-0.2, -0.15) is 0 Å². The number of anilines is 1. The lowest BCUT2D eigenvalue weighted by molar-refractivity contribution is -0.125. The Balaban J connectivity index is 1.62. The summed E-state index contributed by atoms with van der Waals surface area (Å²) in [5.74, 6) is -0.175. The van der Waals surface area contributed by atoms with Crippen molar-refractivity contribution in [2.45, 2.75) is 13.0 Å². The molecular weight excluding hydrogens is 323 g/mol. The molecule has 1 aliphatic rings. The summed E-state index contributed by atoms with van der Waals surface area (Å²) in [7, 11) is 1.57. The van der Waals surface area contributed by atoms with E-state index in [0.717, 1.165) is 11.3 Å². The quantitative estimate of drug-likeness (QED) is 0.908. The molecule has 1 N–H and O–H groups in total. The number of nitrogens with zero attached hydrogens (tertiary/aromatic N) is 1. The molecule has 1 aliphatic heterocycles. The molecule has 0 aliphatic carbocycles. The van der Waals surface area contributed by atoms with Crippen LogP contribution >= 0.6 is 0 Å². The lowest BCUT2D eigenvalue weighted by Gasteiger charge is -2.17. The second-order valence-electron chi connectivity index (χ2n) is 5.93. The van der Waals surface area contributed by atoms with Crippen molar-refractivity contribution in [3.63, 3.8) is 0 Å². The van der Waals surface area contributed by atoms with Crippen LogP contribution in [0.1, 0.15) is 12.0 Å². The van der Waals surface area contributed by atoms with E-state index < -0.39 is 0 Å². The number of ether oxygens (including phenoxy) is 1. The number of nitrogens with one attached hydrogen (secondary N) is 1. The molecule has 6 heteroatoms. The molecule has 0 saturated carbocycles. The van der Waals surface area contributed by atoms with Crippen molar-refractivity contribution in [1.82, 2.24) is 5.32 Å². The van der Waals surface area contributed by atoms with E-state index in [0.29, 0.717) is 12.3 Å². The molecule has 0 spiro atoms. The molecule has 1 atom stereocenters. The van der Waals surface area contributed by atoms with Gasteiger partial charge < -0.3 is 15.0 Å². The predicted molar refractivity (Wildman–Crippen MR) is 91.7 cm³/mol. The van der Waals surface area contributed by atoms with Gasteiger partial charge in [0, 0.05) is 25.7 Å². The van der Waals surface area contributed by atoms with E-state index in [-0.39, 0.29) is 36.6 Å². The molecule has 1 heterocycles. The van der Waals surface area contributed by atoms with Crippen LogP contribution in [0.2, 0.25) is 0 Å². The number of rotatable bonds is 5. The summed E-state index contributed by atoms with van der Waals surface area (Å²) in [5, 5.41) is 2.58. The summed E-state index contributed by atoms with van der Waals surface area (Å²) in [6.07, 6.45) is 0.220. The van der Waals surface area contributed by atoms with Gasteiger partial charge >= 0.3 is 0 Å². The van der Waals surface area contributed by atoms with Crippen molar-refractivity contribution >= 4 is 17.5 Å². The standard InChI is InChI=1S/C19H19FN2O3/c1-21-19(24)14-10-18(23)22(11-14)16-5-7-17(8-6-16)25-12-13-3-2-4-15(20)9-13/h2-9,14H,10-12H2,1H3,(H,21,24)/t14-/m0/s1. The fraction of sp³-hybridized carbons (Fsp3) is 0.263. The average molecular weight is 342 g/mol. The van der Waals surface area contributed by atoms with E-state index in [1.165, 1.54) is 12.1 Å². The maximum absolute atomic E-state index is 13.1. The molecule has 2 amide bonds. The number of hydrogen-bond acceptors (Lipinski definition) is 3. The van der Waals surface area contributed by atoms with Crippen molar-refractivity contribution in [3.8, 4) is 5.75 Å². The molecule has 130 valence electrons. The van der Waals surface area contributed by atoms with Crippen LogP contribution in [-0.2, 0) is 16.2 Å². The van der Waals surface area contributed by atoms with E-state index in [4.69, 9.17) is 4.74 Å². The number of benzene rings is 2. The third-order valence-electron chi connectivity index (χ3n) is 4.19. The van der Waals surface area contributed by atoms with Gasteiger partial charge in [-0.05, 0) is 42.0 Å². The fourth-order valence-corrected chi connectivity index (χ4v) is 2.85. The Morgan fingerprint density at radius 3 is 2.72 bits per heavy atom. The number of hydrogen-bond donors (Lipinski definition) is 1. The average Bonchev–Trinajstić information content (AvgIpc) is 3.01. The summed E-state index contributed by atoms with van der Waals surface area (Å²) in [6, 6.07) is 13.3. The minimum absolute atomic E-state index is 0.0676. The summed E-state index contributed by atoms with van der Waals surface area (Å²) < 4.78 is 18.8. The number of carbonyl (C=O) groups is 2. The molecule has 0 unspecified atom stereocenters. The normalized spacial score (nSPS) is 16.8. The Bertz CT molecular complexity index is 776. The van der Waals surface area contributed by atoms with E-state index in [1.54, 1.807) is 48.3 Å². The summed E-state index contributed by atoms with van der Waals surface area (Å²) >= 11 is 0. The van der Waals surface area contributed by atoms with E-state index in [1.807, 2.05) is 0 Å². The highest BCUT2D eigenvalue weighted by atomic mass is 19.1. The van der Waals surface area contributed by atoms with Gasteiger partial charge in [-0.25, -0.2) is 4.39 Å². The van der Waals surface area contributed by atoms with Crippen molar-refractivity contribution < 1.29 is 18.7 Å². The van der Waals surface area contributed by atoms with E-state index in [9.17, 15) is 14.0 Å². The Labute approximate surface area is 145 Å². The van der Waals surface area contributed by atoms with Crippen LogP contribution in [0.15, 0.2) is 48.5 Å². The molecule has 5 nitrogen and oxygen atoms in total. The van der Waals surface area contributed by atoms with Crippen molar-refractivity contribution in [2.24, 2.45) is 5.92 Å². The van der Waals surface area contributed by atoms with Crippen molar-refractivity contribution in [1.29, 1.82) is 0 Å². The van der Waals surface area contributed by atoms with Crippen LogP contribution in [0, 0.1) is 11.7 Å². The van der Waals surface area contributed by atoms with Gasteiger partial charge in [0.1, 0.15) is 18.2 Å². The van der Waals surface area contributed by atoms with Gasteiger partial charge in [0.15, 0.2) is 0 Å². The summed E-state index contributed by atoms with van der Waals surface area (Å²) in [4.78, 5) is 25.4. The van der Waals surface area contributed by atoms with Crippen LogP contribution in [0.3, 0.4) is 0 Å². The van der Waals surface area contributed by atoms with E-state index in [2.05, 4.69) is 5.32 Å². The molecule has 1 saturated heterocycles. The Morgan fingerprint density at radius 2 is 2.04 bits per heavy atom. The smallest absolute Gasteiger partial charge is 0.227 e. The van der Waals surface area contributed by atoms with Crippen LogP contribution in [0.25, 0.3) is 0 Å². The summed E-state index contributed by atoms with van der Waals surface area (Å²) in [6.45, 7) is 0.639. The van der Waals surface area contributed by atoms with Crippen LogP contribution < -0.4 is 15.0 Å². The number of amides is 2. The van der Waals surface area contributed by atoms with Gasteiger partial charge in [-0.15, -0.1) is 0 Å². The zero-order chi connectivity index (χ0) is 17.8. The lowest BCUT2D eigenvalue weighted by atomic mass is 10.1. The minimum Gasteiger partial charge on any atom is -0.489 e. The van der Waals surface area contributed by atoms with E-state index >= 15 is 0 Å². The van der Waals surface area contributed by atoms with Gasteiger partial charge in [0.2, 0.25) is 11.8 Å². The van der Waals surface area contributed by atoms with Gasteiger partial charge in [0.25, 0.3) is 0 Å². The first kappa shape index (κ1) is 17.0. The van der Waals surface area contributed by atoms with Crippen LogP contribution in [-0.4, -0.2) is 25.4 Å². The van der Waals surface area contributed by atoms with Gasteiger partial charge in [0.05, 0.1) is 5.92 Å². The third kappa shape index (κ3) is 3.96. The summed E-state index contributed by atoms with van der Waals surface area (Å²) in [5.41, 5.74) is 1.47. The van der Waals surface area contributed by atoms with Crippen molar-refractivity contribution in [3.05, 3.63) is 59.9 Å². The maximum Gasteiger partial charge on any atom is 0.227 e. The highest BCUT2D eigenvalue weighted by Crippen LogP contribution is 2.27. The third-order valence-corrected chi connectivity index (χ3v) is 4.19. The zero-order valence-electron chi connectivity index (χ0n) is 13.9. The molecular formula is C19H19FN2O3. The SMILES string of the molecule is CNC(=O)[C@H]1CC(=O)N(c2ccc(OCc3cccc(F)c3)cc2)C1. The van der Waals surface area contributed by atoms with Crippen molar-refractivity contribution in [2.75, 3.05) is 18.5 Å². The highest BCUT2D eigenvalue weighted by molar-refractivity contribution is 6.00. The molecule has 2 aromatic rings. The fourth-order valence-electron chi connectivity index (χ4n) is 2.85. The van der Waals surface area contributed by atoms with Gasteiger partial charge in [-0.1, -0.05) is 12.1 Å². The Kier molecular flexibility index (Phi) is 4.97. The zero-order valence-corrected chi connectivity index (χ0v) is 13.9. The predicted octanol–water partition coefficient (Wildman–Crippen LogP) is 2.50.